The average Bonchev–Trinajstić information content (AvgIpc) is 3.14. The third kappa shape index (κ3) is 4.51. The van der Waals surface area contributed by atoms with Crippen LogP contribution in [0.3, 0.4) is 0 Å². The van der Waals surface area contributed by atoms with Crippen molar-refractivity contribution in [2.24, 2.45) is 0 Å². The fourth-order valence-corrected chi connectivity index (χ4v) is 2.85. The summed E-state index contributed by atoms with van der Waals surface area (Å²) in [5.74, 6) is 0.802. The summed E-state index contributed by atoms with van der Waals surface area (Å²) in [6.45, 7) is 3.99. The number of ether oxygens (including phenoxy) is 2. The van der Waals surface area contributed by atoms with E-state index in [1.807, 2.05) is 19.1 Å². The van der Waals surface area contributed by atoms with E-state index in [-0.39, 0.29) is 30.8 Å². The lowest BCUT2D eigenvalue weighted by Crippen LogP contribution is -2.34. The summed E-state index contributed by atoms with van der Waals surface area (Å²) >= 11 is 0. The molecule has 28 heavy (non-hydrogen) atoms. The molecule has 2 heterocycles. The van der Waals surface area contributed by atoms with Crippen LogP contribution in [-0.4, -0.2) is 23.2 Å². The van der Waals surface area contributed by atoms with Gasteiger partial charge in [0.15, 0.2) is 11.5 Å². The quantitative estimate of drug-likeness (QED) is 0.759. The van der Waals surface area contributed by atoms with Crippen LogP contribution < -0.4 is 25.7 Å². The van der Waals surface area contributed by atoms with Gasteiger partial charge >= 0.3 is 0 Å². The first-order chi connectivity index (χ1) is 13.5. The molecule has 8 heteroatoms. The van der Waals surface area contributed by atoms with E-state index in [0.29, 0.717) is 36.6 Å². The smallest absolute Gasteiger partial charge is 0.274 e. The number of amides is 2. The maximum atomic E-state index is 12.6. The minimum atomic E-state index is -0.400. The fourth-order valence-electron chi connectivity index (χ4n) is 2.85. The Labute approximate surface area is 162 Å². The number of carbonyl (C=O) groups excluding carboxylic acids is 2. The minimum Gasteiger partial charge on any atom is -0.454 e. The van der Waals surface area contributed by atoms with Crippen molar-refractivity contribution >= 4 is 17.5 Å². The molecule has 0 saturated carbocycles. The SMILES string of the molecule is CCCC(=O)Nc1ccc(C)n(CC(=O)NCc2ccc3c(c2)OCO3)c1=O. The standard InChI is InChI=1S/C20H23N3O5/c1-3-4-18(24)22-15-7-5-13(2)23(20(15)26)11-19(25)21-10-14-6-8-16-17(9-14)28-12-27-16/h5-9H,3-4,10-12H2,1-2H3,(H,21,25)(H,22,24). The van der Waals surface area contributed by atoms with Crippen molar-refractivity contribution in [3.8, 4) is 11.5 Å². The number of pyridine rings is 1. The molecule has 1 aromatic heterocycles. The van der Waals surface area contributed by atoms with Crippen LogP contribution in [0.15, 0.2) is 35.1 Å². The van der Waals surface area contributed by atoms with Gasteiger partial charge in [-0.15, -0.1) is 0 Å². The highest BCUT2D eigenvalue weighted by Gasteiger charge is 2.15. The average molecular weight is 385 g/mol. The molecular weight excluding hydrogens is 362 g/mol. The second-order valence-electron chi connectivity index (χ2n) is 6.54. The lowest BCUT2D eigenvalue weighted by atomic mass is 10.2. The van der Waals surface area contributed by atoms with Gasteiger partial charge in [0, 0.05) is 18.7 Å². The van der Waals surface area contributed by atoms with Crippen molar-refractivity contribution in [3.05, 3.63) is 51.9 Å². The van der Waals surface area contributed by atoms with Gasteiger partial charge in [-0.3, -0.25) is 14.4 Å². The Kier molecular flexibility index (Phi) is 5.98. The number of carbonyl (C=O) groups is 2. The molecule has 1 aromatic carbocycles. The molecule has 0 radical (unpaired) electrons. The predicted molar refractivity (Wildman–Crippen MR) is 103 cm³/mol. The van der Waals surface area contributed by atoms with E-state index in [9.17, 15) is 14.4 Å². The van der Waals surface area contributed by atoms with Crippen LogP contribution in [0.4, 0.5) is 5.69 Å². The number of anilines is 1. The van der Waals surface area contributed by atoms with Crippen LogP contribution in [0, 0.1) is 6.92 Å². The highest BCUT2D eigenvalue weighted by atomic mass is 16.7. The third-order valence-electron chi connectivity index (χ3n) is 4.37. The second kappa shape index (κ2) is 8.60. The molecule has 0 aliphatic carbocycles. The van der Waals surface area contributed by atoms with Crippen LogP contribution in [0.25, 0.3) is 0 Å². The van der Waals surface area contributed by atoms with Crippen molar-refractivity contribution in [1.82, 2.24) is 9.88 Å². The van der Waals surface area contributed by atoms with Crippen molar-refractivity contribution in [2.75, 3.05) is 12.1 Å². The van der Waals surface area contributed by atoms with Crippen LogP contribution in [-0.2, 0) is 22.7 Å². The van der Waals surface area contributed by atoms with Crippen molar-refractivity contribution in [1.29, 1.82) is 0 Å². The van der Waals surface area contributed by atoms with Gasteiger partial charge in [0.1, 0.15) is 12.2 Å². The zero-order chi connectivity index (χ0) is 20.1. The van der Waals surface area contributed by atoms with Gasteiger partial charge in [0.25, 0.3) is 5.56 Å². The maximum Gasteiger partial charge on any atom is 0.274 e. The molecule has 0 atom stereocenters. The summed E-state index contributed by atoms with van der Waals surface area (Å²) in [4.78, 5) is 36.7. The summed E-state index contributed by atoms with van der Waals surface area (Å²) in [5, 5.41) is 5.40. The lowest BCUT2D eigenvalue weighted by Gasteiger charge is -2.13. The molecule has 0 unspecified atom stereocenters. The van der Waals surface area contributed by atoms with E-state index < -0.39 is 5.56 Å². The molecule has 8 nitrogen and oxygen atoms in total. The van der Waals surface area contributed by atoms with Crippen LogP contribution in [0.2, 0.25) is 0 Å². The zero-order valence-electron chi connectivity index (χ0n) is 15.9. The van der Waals surface area contributed by atoms with Gasteiger partial charge in [-0.25, -0.2) is 0 Å². The topological polar surface area (TPSA) is 98.7 Å². The second-order valence-corrected chi connectivity index (χ2v) is 6.54. The number of nitrogens with zero attached hydrogens (tertiary/aromatic N) is 1. The van der Waals surface area contributed by atoms with Gasteiger partial charge < -0.3 is 24.7 Å². The Bertz CT molecular complexity index is 951. The minimum absolute atomic E-state index is 0.132. The molecule has 2 amide bonds. The van der Waals surface area contributed by atoms with E-state index in [2.05, 4.69) is 10.6 Å². The number of hydrogen-bond donors (Lipinski definition) is 2. The van der Waals surface area contributed by atoms with Gasteiger partial charge in [-0.2, -0.15) is 0 Å². The fraction of sp³-hybridized carbons (Fsp3) is 0.350. The van der Waals surface area contributed by atoms with Gasteiger partial charge in [-0.1, -0.05) is 13.0 Å². The van der Waals surface area contributed by atoms with Gasteiger partial charge in [0.05, 0.1) is 0 Å². The number of aryl methyl sites for hydroxylation is 1. The number of nitrogens with one attached hydrogen (secondary N) is 2. The zero-order valence-corrected chi connectivity index (χ0v) is 15.9. The largest absolute Gasteiger partial charge is 0.454 e. The highest BCUT2D eigenvalue weighted by molar-refractivity contribution is 5.90. The Hall–Kier alpha value is -3.29. The number of hydrogen-bond acceptors (Lipinski definition) is 5. The van der Waals surface area contributed by atoms with Gasteiger partial charge in [-0.05, 0) is 43.2 Å². The molecule has 2 N–H and O–H groups in total. The number of fused-ring (bicyclic) bond motifs is 1. The molecule has 1 aliphatic rings. The maximum absolute atomic E-state index is 12.6. The van der Waals surface area contributed by atoms with E-state index in [1.165, 1.54) is 4.57 Å². The summed E-state index contributed by atoms with van der Waals surface area (Å²) in [6, 6.07) is 8.71. The number of benzene rings is 1. The Balaban J connectivity index is 1.64. The van der Waals surface area contributed by atoms with E-state index in [1.54, 1.807) is 25.1 Å². The molecule has 1 aliphatic heterocycles. The normalized spacial score (nSPS) is 11.9. The van der Waals surface area contributed by atoms with E-state index in [4.69, 9.17) is 9.47 Å². The Morgan fingerprint density at radius 2 is 1.89 bits per heavy atom. The van der Waals surface area contributed by atoms with E-state index in [0.717, 1.165) is 5.56 Å². The van der Waals surface area contributed by atoms with Crippen LogP contribution in [0.5, 0.6) is 11.5 Å². The summed E-state index contributed by atoms with van der Waals surface area (Å²) < 4.78 is 11.9. The Morgan fingerprint density at radius 3 is 2.68 bits per heavy atom. The van der Waals surface area contributed by atoms with Gasteiger partial charge in [0.2, 0.25) is 18.6 Å². The first kappa shape index (κ1) is 19.5. The van der Waals surface area contributed by atoms with E-state index >= 15 is 0 Å². The molecule has 0 spiro atoms. The summed E-state index contributed by atoms with van der Waals surface area (Å²) in [5.41, 5.74) is 1.27. The number of rotatable bonds is 7. The molecule has 0 fully saturated rings. The molecule has 0 bridgehead atoms. The molecule has 148 valence electrons. The summed E-state index contributed by atoms with van der Waals surface area (Å²) in [7, 11) is 0. The van der Waals surface area contributed by atoms with Crippen LogP contribution >= 0.6 is 0 Å². The first-order valence-corrected chi connectivity index (χ1v) is 9.13. The Morgan fingerprint density at radius 1 is 1.11 bits per heavy atom. The molecular formula is C20H23N3O5. The molecule has 2 aromatic rings. The molecule has 3 rings (SSSR count). The number of aromatic nitrogens is 1. The summed E-state index contributed by atoms with van der Waals surface area (Å²) in [6.07, 6.45) is 1.03. The highest BCUT2D eigenvalue weighted by Crippen LogP contribution is 2.32. The molecule has 0 saturated heterocycles. The van der Waals surface area contributed by atoms with Crippen molar-refractivity contribution in [2.45, 2.75) is 39.8 Å². The van der Waals surface area contributed by atoms with Crippen molar-refractivity contribution in [3.63, 3.8) is 0 Å². The third-order valence-corrected chi connectivity index (χ3v) is 4.37. The predicted octanol–water partition coefficient (Wildman–Crippen LogP) is 1.94. The van der Waals surface area contributed by atoms with Crippen molar-refractivity contribution < 1.29 is 19.1 Å². The lowest BCUT2D eigenvalue weighted by molar-refractivity contribution is -0.122. The van der Waals surface area contributed by atoms with Crippen LogP contribution in [0.1, 0.15) is 31.0 Å². The first-order valence-electron chi connectivity index (χ1n) is 9.13. The monoisotopic (exact) mass is 385 g/mol.